The molecule has 1 saturated heterocycles. The van der Waals surface area contributed by atoms with Crippen LogP contribution in [0.5, 0.6) is 0 Å². The molecule has 0 spiro atoms. The van der Waals surface area contributed by atoms with E-state index in [0.29, 0.717) is 12.5 Å². The number of halogens is 5. The molecule has 0 amide bonds. The van der Waals surface area contributed by atoms with Crippen molar-refractivity contribution < 1.29 is 31.4 Å². The van der Waals surface area contributed by atoms with Crippen LogP contribution in [0, 0.1) is 0 Å². The zero-order valence-corrected chi connectivity index (χ0v) is 19.8. The highest BCUT2D eigenvalue weighted by Gasteiger charge is 2.56. The molecule has 0 aliphatic carbocycles. The Morgan fingerprint density at radius 3 is 1.53 bits per heavy atom. The highest BCUT2D eigenvalue weighted by molar-refractivity contribution is 4.75. The minimum absolute atomic E-state index is 0.0606. The van der Waals surface area contributed by atoms with E-state index in [-0.39, 0.29) is 6.42 Å². The maximum absolute atomic E-state index is 12.8. The van der Waals surface area contributed by atoms with E-state index in [1.54, 1.807) is 0 Å². The van der Waals surface area contributed by atoms with Gasteiger partial charge < -0.3 is 9.47 Å². The Bertz CT molecular complexity index is 423. The molecule has 0 aromatic rings. The summed E-state index contributed by atoms with van der Waals surface area (Å²) >= 11 is 0. The van der Waals surface area contributed by atoms with E-state index < -0.39 is 18.5 Å². The maximum atomic E-state index is 12.8. The average Bonchev–Trinajstić information content (AvgIpc) is 2.75. The smallest absolute Gasteiger partial charge is 0.379 e. The Morgan fingerprint density at radius 1 is 0.625 bits per heavy atom. The van der Waals surface area contributed by atoms with Crippen LogP contribution in [0.2, 0.25) is 0 Å². The molecule has 1 unspecified atom stereocenters. The van der Waals surface area contributed by atoms with Gasteiger partial charge in [0.2, 0.25) is 0 Å². The molecule has 1 atom stereocenters. The quantitative estimate of drug-likeness (QED) is 0.130. The third kappa shape index (κ3) is 15.4. The molecule has 2 nitrogen and oxygen atoms in total. The molecular formula is C25H45F5O2. The second-order valence-electron chi connectivity index (χ2n) is 9.32. The molecule has 32 heavy (non-hydrogen) atoms. The summed E-state index contributed by atoms with van der Waals surface area (Å²) in [4.78, 5) is 0. The Morgan fingerprint density at radius 2 is 1.09 bits per heavy atom. The lowest BCUT2D eigenvalue weighted by Crippen LogP contribution is -2.36. The number of ether oxygens (including phenoxy) is 2. The van der Waals surface area contributed by atoms with E-state index in [2.05, 4.69) is 0 Å². The first kappa shape index (κ1) is 29.6. The fourth-order valence-electron chi connectivity index (χ4n) is 4.14. The molecule has 1 aliphatic rings. The molecule has 1 aliphatic heterocycles. The van der Waals surface area contributed by atoms with E-state index in [0.717, 1.165) is 58.3 Å². The van der Waals surface area contributed by atoms with Crippen LogP contribution >= 0.6 is 0 Å². The first-order chi connectivity index (χ1) is 15.3. The molecule has 0 bridgehead atoms. The Labute approximate surface area is 192 Å². The van der Waals surface area contributed by atoms with Gasteiger partial charge in [0.15, 0.2) is 0 Å². The number of rotatable bonds is 20. The van der Waals surface area contributed by atoms with Crippen LogP contribution in [0.15, 0.2) is 0 Å². The van der Waals surface area contributed by atoms with Crippen LogP contribution in [0.3, 0.4) is 0 Å². The predicted octanol–water partition coefficient (Wildman–Crippen LogP) is 9.01. The van der Waals surface area contributed by atoms with Crippen molar-refractivity contribution in [2.24, 2.45) is 0 Å². The van der Waals surface area contributed by atoms with E-state index >= 15 is 0 Å². The van der Waals surface area contributed by atoms with Crippen molar-refractivity contribution in [2.45, 2.75) is 140 Å². The Kier molecular flexibility index (Phi) is 16.6. The molecule has 1 rings (SSSR count). The van der Waals surface area contributed by atoms with Crippen molar-refractivity contribution in [3.05, 3.63) is 0 Å². The van der Waals surface area contributed by atoms with Gasteiger partial charge in [-0.25, -0.2) is 0 Å². The number of hydrogen-bond donors (Lipinski definition) is 0. The highest BCUT2D eigenvalue weighted by Crippen LogP contribution is 2.39. The first-order valence-corrected chi connectivity index (χ1v) is 13.0. The fourth-order valence-corrected chi connectivity index (χ4v) is 4.14. The second-order valence-corrected chi connectivity index (χ2v) is 9.32. The molecule has 1 heterocycles. The SMILES string of the molecule is FC(F)(F)C(F)(F)CCCCCCCCCCCCCCCCCOCC1CCCCO1. The summed E-state index contributed by atoms with van der Waals surface area (Å²) in [6.45, 7) is 2.48. The third-order valence-corrected chi connectivity index (χ3v) is 6.27. The maximum Gasteiger partial charge on any atom is 0.453 e. The zero-order chi connectivity index (χ0) is 23.5. The Hall–Kier alpha value is -0.430. The standard InChI is InChI=1S/C25H45F5O2/c26-24(27,25(28,29)30)19-15-12-10-8-6-4-2-1-3-5-7-9-11-13-16-20-31-22-23-18-14-17-21-32-23/h23H,1-22H2. The summed E-state index contributed by atoms with van der Waals surface area (Å²) in [5.74, 6) is -4.54. The first-order valence-electron chi connectivity index (χ1n) is 13.0. The van der Waals surface area contributed by atoms with Crippen LogP contribution < -0.4 is 0 Å². The summed E-state index contributed by atoms with van der Waals surface area (Å²) in [7, 11) is 0. The molecule has 1 fully saturated rings. The summed E-state index contributed by atoms with van der Waals surface area (Å²) < 4.78 is 73.1. The summed E-state index contributed by atoms with van der Waals surface area (Å²) in [6.07, 6.45) is 12.8. The van der Waals surface area contributed by atoms with Gasteiger partial charge in [0.05, 0.1) is 12.7 Å². The normalized spacial score (nSPS) is 17.7. The van der Waals surface area contributed by atoms with Crippen molar-refractivity contribution in [1.29, 1.82) is 0 Å². The van der Waals surface area contributed by atoms with Crippen LogP contribution in [0.25, 0.3) is 0 Å². The van der Waals surface area contributed by atoms with Gasteiger partial charge in [-0.05, 0) is 32.1 Å². The fraction of sp³-hybridized carbons (Fsp3) is 1.00. The molecule has 7 heteroatoms. The predicted molar refractivity (Wildman–Crippen MR) is 119 cm³/mol. The second kappa shape index (κ2) is 18.0. The van der Waals surface area contributed by atoms with E-state index in [9.17, 15) is 22.0 Å². The van der Waals surface area contributed by atoms with Gasteiger partial charge in [0.25, 0.3) is 0 Å². The van der Waals surface area contributed by atoms with E-state index in [1.165, 1.54) is 64.2 Å². The van der Waals surface area contributed by atoms with Crippen LogP contribution in [-0.4, -0.2) is 38.0 Å². The lowest BCUT2D eigenvalue weighted by atomic mass is 10.0. The van der Waals surface area contributed by atoms with Gasteiger partial charge in [0, 0.05) is 19.6 Å². The largest absolute Gasteiger partial charge is 0.453 e. The number of hydrogen-bond acceptors (Lipinski definition) is 2. The molecule has 192 valence electrons. The molecular weight excluding hydrogens is 427 g/mol. The lowest BCUT2D eigenvalue weighted by molar-refractivity contribution is -0.284. The van der Waals surface area contributed by atoms with Crippen molar-refractivity contribution in [3.8, 4) is 0 Å². The van der Waals surface area contributed by atoms with E-state index in [1.807, 2.05) is 0 Å². The molecule has 0 N–H and O–H groups in total. The van der Waals surface area contributed by atoms with Gasteiger partial charge in [-0.3, -0.25) is 0 Å². The zero-order valence-electron chi connectivity index (χ0n) is 19.8. The van der Waals surface area contributed by atoms with Gasteiger partial charge >= 0.3 is 12.1 Å². The van der Waals surface area contributed by atoms with Gasteiger partial charge in [0.1, 0.15) is 0 Å². The summed E-state index contributed by atoms with van der Waals surface area (Å²) in [5, 5.41) is 0. The molecule has 0 saturated carbocycles. The topological polar surface area (TPSA) is 18.5 Å². The highest BCUT2D eigenvalue weighted by atomic mass is 19.4. The van der Waals surface area contributed by atoms with Crippen LogP contribution in [0.4, 0.5) is 22.0 Å². The average molecular weight is 473 g/mol. The molecule has 0 aromatic carbocycles. The monoisotopic (exact) mass is 472 g/mol. The van der Waals surface area contributed by atoms with Gasteiger partial charge in [-0.2, -0.15) is 22.0 Å². The minimum atomic E-state index is -5.41. The Balaban J connectivity index is 1.71. The van der Waals surface area contributed by atoms with Crippen LogP contribution in [0.1, 0.15) is 122 Å². The van der Waals surface area contributed by atoms with Gasteiger partial charge in [-0.15, -0.1) is 0 Å². The van der Waals surface area contributed by atoms with Crippen molar-refractivity contribution in [1.82, 2.24) is 0 Å². The van der Waals surface area contributed by atoms with Crippen molar-refractivity contribution >= 4 is 0 Å². The van der Waals surface area contributed by atoms with Crippen LogP contribution in [-0.2, 0) is 9.47 Å². The van der Waals surface area contributed by atoms with Crippen molar-refractivity contribution in [2.75, 3.05) is 19.8 Å². The summed E-state index contributed by atoms with van der Waals surface area (Å²) in [5.41, 5.74) is 0. The number of alkyl halides is 5. The molecule has 0 radical (unpaired) electrons. The van der Waals surface area contributed by atoms with Gasteiger partial charge in [-0.1, -0.05) is 83.5 Å². The number of unbranched alkanes of at least 4 members (excludes halogenated alkanes) is 14. The van der Waals surface area contributed by atoms with E-state index in [4.69, 9.17) is 9.47 Å². The third-order valence-electron chi connectivity index (χ3n) is 6.27. The minimum Gasteiger partial charge on any atom is -0.379 e. The summed E-state index contributed by atoms with van der Waals surface area (Å²) in [6, 6.07) is 0. The molecule has 0 aromatic heterocycles. The van der Waals surface area contributed by atoms with Crippen molar-refractivity contribution in [3.63, 3.8) is 0 Å². The lowest BCUT2D eigenvalue weighted by Gasteiger charge is -2.22.